The Balaban J connectivity index is 1.64. The number of rotatable bonds is 4. The smallest absolute Gasteiger partial charge is 0.229 e. The molecule has 2 aromatic carbocycles. The summed E-state index contributed by atoms with van der Waals surface area (Å²) in [6, 6.07) is 18.4. The first-order chi connectivity index (χ1) is 14.7. The molecule has 6 heteroatoms. The maximum absolute atomic E-state index is 4.96. The fourth-order valence-electron chi connectivity index (χ4n) is 3.94. The minimum absolute atomic E-state index is 0.754. The topological polar surface area (TPSA) is 58.9 Å². The molecule has 6 nitrogen and oxygen atoms in total. The molecule has 0 saturated carbocycles. The molecule has 0 unspecified atom stereocenters. The molecule has 1 saturated heterocycles. The van der Waals surface area contributed by atoms with Gasteiger partial charge in [-0.2, -0.15) is 15.1 Å². The second-order valence-electron chi connectivity index (χ2n) is 8.11. The summed E-state index contributed by atoms with van der Waals surface area (Å²) in [6.45, 7) is 6.38. The van der Waals surface area contributed by atoms with Gasteiger partial charge in [0, 0.05) is 18.8 Å². The van der Waals surface area contributed by atoms with Crippen LogP contribution in [-0.2, 0) is 0 Å². The molecule has 1 fully saturated rings. The zero-order valence-corrected chi connectivity index (χ0v) is 17.4. The van der Waals surface area contributed by atoms with Crippen molar-refractivity contribution >= 4 is 28.5 Å². The molecule has 1 aliphatic heterocycles. The number of nitrogens with one attached hydrogen (secondary N) is 1. The van der Waals surface area contributed by atoms with Crippen molar-refractivity contribution in [3.8, 4) is 5.69 Å². The average Bonchev–Trinajstić information content (AvgIpc) is 3.21. The van der Waals surface area contributed by atoms with Gasteiger partial charge in [0.15, 0.2) is 5.65 Å². The Bertz CT molecular complexity index is 1160. The van der Waals surface area contributed by atoms with E-state index in [0.717, 1.165) is 53.2 Å². The quantitative estimate of drug-likeness (QED) is 0.518. The highest BCUT2D eigenvalue weighted by atomic mass is 15.3. The Kier molecular flexibility index (Phi) is 4.83. The first-order valence-electron chi connectivity index (χ1n) is 10.6. The Morgan fingerprint density at radius 1 is 0.933 bits per heavy atom. The van der Waals surface area contributed by atoms with Crippen molar-refractivity contribution in [3.05, 3.63) is 66.4 Å². The molecule has 5 rings (SSSR count). The number of fused-ring (bicyclic) bond motifs is 1. The van der Waals surface area contributed by atoms with Crippen molar-refractivity contribution in [2.24, 2.45) is 5.92 Å². The van der Waals surface area contributed by atoms with Gasteiger partial charge in [0.2, 0.25) is 5.95 Å². The van der Waals surface area contributed by atoms with E-state index in [-0.39, 0.29) is 0 Å². The van der Waals surface area contributed by atoms with Crippen molar-refractivity contribution in [1.82, 2.24) is 19.7 Å². The summed E-state index contributed by atoms with van der Waals surface area (Å²) in [4.78, 5) is 12.2. The predicted molar refractivity (Wildman–Crippen MR) is 122 cm³/mol. The van der Waals surface area contributed by atoms with Crippen molar-refractivity contribution in [2.45, 2.75) is 26.7 Å². The maximum atomic E-state index is 4.96. The third kappa shape index (κ3) is 3.49. The molecule has 0 radical (unpaired) electrons. The number of anilines is 3. The van der Waals surface area contributed by atoms with E-state index in [1.165, 1.54) is 18.4 Å². The van der Waals surface area contributed by atoms with Gasteiger partial charge >= 0.3 is 0 Å². The van der Waals surface area contributed by atoms with E-state index >= 15 is 0 Å². The summed E-state index contributed by atoms with van der Waals surface area (Å²) in [5, 5.41) is 9.09. The lowest BCUT2D eigenvalue weighted by molar-refractivity contribution is 0.434. The second kappa shape index (κ2) is 7.78. The number of piperidine rings is 1. The Labute approximate surface area is 176 Å². The summed E-state index contributed by atoms with van der Waals surface area (Å²) in [5.41, 5.74) is 4.03. The summed E-state index contributed by atoms with van der Waals surface area (Å²) in [6.07, 6.45) is 4.19. The molecule has 0 atom stereocenters. The van der Waals surface area contributed by atoms with Crippen LogP contribution in [0.1, 0.15) is 25.3 Å². The Morgan fingerprint density at radius 2 is 1.67 bits per heavy atom. The van der Waals surface area contributed by atoms with Gasteiger partial charge in [-0.3, -0.25) is 0 Å². The second-order valence-corrected chi connectivity index (χ2v) is 8.11. The highest BCUT2D eigenvalue weighted by molar-refractivity contribution is 5.90. The van der Waals surface area contributed by atoms with E-state index in [4.69, 9.17) is 9.97 Å². The van der Waals surface area contributed by atoms with Gasteiger partial charge < -0.3 is 10.2 Å². The summed E-state index contributed by atoms with van der Waals surface area (Å²) >= 11 is 0. The normalized spacial score (nSPS) is 14.9. The van der Waals surface area contributed by atoms with Crippen molar-refractivity contribution in [3.63, 3.8) is 0 Å². The van der Waals surface area contributed by atoms with Crippen LogP contribution in [0.5, 0.6) is 0 Å². The van der Waals surface area contributed by atoms with E-state index in [9.17, 15) is 0 Å². The van der Waals surface area contributed by atoms with E-state index in [1.54, 1.807) is 0 Å². The summed E-state index contributed by atoms with van der Waals surface area (Å²) in [7, 11) is 0. The molecule has 0 spiro atoms. The van der Waals surface area contributed by atoms with Crippen LogP contribution in [0, 0.1) is 12.8 Å². The van der Waals surface area contributed by atoms with Crippen LogP contribution in [0.3, 0.4) is 0 Å². The maximum Gasteiger partial charge on any atom is 0.229 e. The molecule has 30 heavy (non-hydrogen) atoms. The molecule has 0 aliphatic carbocycles. The first kappa shape index (κ1) is 18.6. The zero-order valence-electron chi connectivity index (χ0n) is 17.4. The van der Waals surface area contributed by atoms with Gasteiger partial charge in [-0.25, -0.2) is 4.68 Å². The summed E-state index contributed by atoms with van der Waals surface area (Å²) in [5.74, 6) is 2.32. The SMILES string of the molecule is Cc1ccccc1Nc1nc(N2CCC(C)CC2)nc2c1cnn2-c1ccccc1. The lowest BCUT2D eigenvalue weighted by atomic mass is 10.00. The standard InChI is InChI=1S/C24H26N6/c1-17-12-14-29(15-13-17)24-27-22(26-21-11-7-6-8-18(21)2)20-16-25-30(23(20)28-24)19-9-4-3-5-10-19/h3-11,16-17H,12-15H2,1-2H3,(H,26,27,28). The third-order valence-corrected chi connectivity index (χ3v) is 5.88. The van der Waals surface area contributed by atoms with Gasteiger partial charge in [0.25, 0.3) is 0 Å². The molecule has 0 amide bonds. The Morgan fingerprint density at radius 3 is 2.43 bits per heavy atom. The zero-order chi connectivity index (χ0) is 20.5. The van der Waals surface area contributed by atoms with Crippen LogP contribution in [-0.4, -0.2) is 32.8 Å². The number of hydrogen-bond acceptors (Lipinski definition) is 5. The third-order valence-electron chi connectivity index (χ3n) is 5.88. The highest BCUT2D eigenvalue weighted by Gasteiger charge is 2.21. The van der Waals surface area contributed by atoms with E-state index in [1.807, 2.05) is 53.3 Å². The van der Waals surface area contributed by atoms with Crippen molar-refractivity contribution in [2.75, 3.05) is 23.3 Å². The van der Waals surface area contributed by atoms with E-state index in [2.05, 4.69) is 41.3 Å². The molecular weight excluding hydrogens is 372 g/mol. The minimum Gasteiger partial charge on any atom is -0.341 e. The van der Waals surface area contributed by atoms with Gasteiger partial charge in [0.05, 0.1) is 17.3 Å². The predicted octanol–water partition coefficient (Wildman–Crippen LogP) is 5.10. The van der Waals surface area contributed by atoms with E-state index in [0.29, 0.717) is 0 Å². The molecule has 152 valence electrons. The monoisotopic (exact) mass is 398 g/mol. The van der Waals surface area contributed by atoms with Gasteiger partial charge in [-0.05, 0) is 49.4 Å². The molecule has 2 aromatic heterocycles. The lowest BCUT2D eigenvalue weighted by Gasteiger charge is -2.30. The number of aromatic nitrogens is 4. The number of aryl methyl sites for hydroxylation is 1. The van der Waals surface area contributed by atoms with Crippen LogP contribution in [0.2, 0.25) is 0 Å². The van der Waals surface area contributed by atoms with Crippen LogP contribution in [0.15, 0.2) is 60.8 Å². The van der Waals surface area contributed by atoms with Crippen LogP contribution in [0.4, 0.5) is 17.5 Å². The number of nitrogens with zero attached hydrogens (tertiary/aromatic N) is 5. The van der Waals surface area contributed by atoms with Crippen molar-refractivity contribution in [1.29, 1.82) is 0 Å². The fourth-order valence-corrected chi connectivity index (χ4v) is 3.94. The number of para-hydroxylation sites is 2. The molecular formula is C24H26N6. The van der Waals surface area contributed by atoms with Crippen LogP contribution >= 0.6 is 0 Å². The van der Waals surface area contributed by atoms with Gasteiger partial charge in [0.1, 0.15) is 5.82 Å². The molecule has 1 aliphatic rings. The van der Waals surface area contributed by atoms with E-state index < -0.39 is 0 Å². The molecule has 1 N–H and O–H groups in total. The first-order valence-corrected chi connectivity index (χ1v) is 10.6. The van der Waals surface area contributed by atoms with Crippen molar-refractivity contribution < 1.29 is 0 Å². The largest absolute Gasteiger partial charge is 0.341 e. The van der Waals surface area contributed by atoms with Gasteiger partial charge in [-0.1, -0.05) is 43.3 Å². The molecule has 0 bridgehead atoms. The molecule has 4 aromatic rings. The minimum atomic E-state index is 0.754. The van der Waals surface area contributed by atoms with Gasteiger partial charge in [-0.15, -0.1) is 0 Å². The Hall–Kier alpha value is -3.41. The number of benzene rings is 2. The molecule has 3 heterocycles. The summed E-state index contributed by atoms with van der Waals surface area (Å²) < 4.78 is 1.90. The van der Waals surface area contributed by atoms with Crippen LogP contribution in [0.25, 0.3) is 16.7 Å². The highest BCUT2D eigenvalue weighted by Crippen LogP contribution is 2.30. The number of hydrogen-bond donors (Lipinski definition) is 1. The lowest BCUT2D eigenvalue weighted by Crippen LogP contribution is -2.34. The average molecular weight is 399 g/mol. The van der Waals surface area contributed by atoms with Crippen LogP contribution < -0.4 is 10.2 Å². The fraction of sp³-hybridized carbons (Fsp3) is 0.292.